The molecule has 32 heavy (non-hydrogen) atoms. The van der Waals surface area contributed by atoms with E-state index in [0.29, 0.717) is 26.2 Å². The van der Waals surface area contributed by atoms with Crippen molar-refractivity contribution in [1.82, 2.24) is 4.90 Å². The van der Waals surface area contributed by atoms with Gasteiger partial charge < -0.3 is 14.5 Å². The Hall–Kier alpha value is -3.07. The van der Waals surface area contributed by atoms with Gasteiger partial charge in [0.1, 0.15) is 0 Å². The molecule has 0 unspecified atom stereocenters. The summed E-state index contributed by atoms with van der Waals surface area (Å²) in [6.07, 6.45) is 3.42. The number of non-ortho nitro benzene ring substituents is 1. The van der Waals surface area contributed by atoms with Gasteiger partial charge in [-0.2, -0.15) is 0 Å². The molecule has 1 saturated heterocycles. The first-order valence-corrected chi connectivity index (χ1v) is 11.7. The number of carbonyl (C=O) groups is 2. The molecule has 2 aromatic rings. The lowest BCUT2D eigenvalue weighted by molar-refractivity contribution is -0.384. The first-order chi connectivity index (χ1) is 15.5. The molecular formula is C23H25N3O5S. The Bertz CT molecular complexity index is 1000. The minimum absolute atomic E-state index is 0.0544. The predicted octanol–water partition coefficient (Wildman–Crippen LogP) is 3.07. The van der Waals surface area contributed by atoms with E-state index in [1.165, 1.54) is 41.4 Å². The second kappa shape index (κ2) is 10.0. The van der Waals surface area contributed by atoms with Crippen LogP contribution < -0.4 is 4.90 Å². The number of nitrogens with zero attached hydrogens (tertiary/aromatic N) is 3. The lowest BCUT2D eigenvalue weighted by atomic mass is 10.1. The number of ether oxygens (including phenoxy) is 1. The molecule has 0 saturated carbocycles. The number of nitro groups is 1. The third kappa shape index (κ3) is 5.40. The number of rotatable bonds is 7. The van der Waals surface area contributed by atoms with Gasteiger partial charge in [-0.25, -0.2) is 0 Å². The summed E-state index contributed by atoms with van der Waals surface area (Å²) in [5, 5.41) is 10.8. The van der Waals surface area contributed by atoms with Crippen LogP contribution in [0, 0.1) is 10.1 Å². The summed E-state index contributed by atoms with van der Waals surface area (Å²) in [6, 6.07) is 12.7. The molecule has 1 aliphatic carbocycles. The third-order valence-electron chi connectivity index (χ3n) is 5.84. The number of carbonyl (C=O) groups excluding carboxylic acids is 2. The van der Waals surface area contributed by atoms with Gasteiger partial charge in [-0.1, -0.05) is 6.07 Å². The summed E-state index contributed by atoms with van der Waals surface area (Å²) in [5.74, 6) is -0.419. The van der Waals surface area contributed by atoms with Crippen LogP contribution in [-0.4, -0.2) is 60.2 Å². The van der Waals surface area contributed by atoms with Crippen LogP contribution in [0.5, 0.6) is 0 Å². The summed E-state index contributed by atoms with van der Waals surface area (Å²) >= 11 is 1.43. The van der Waals surface area contributed by atoms with Gasteiger partial charge in [0.15, 0.2) is 6.61 Å². The van der Waals surface area contributed by atoms with E-state index >= 15 is 0 Å². The summed E-state index contributed by atoms with van der Waals surface area (Å²) < 4.78 is 5.19. The highest BCUT2D eigenvalue weighted by molar-refractivity contribution is 8.00. The minimum Gasteiger partial charge on any atom is -0.455 e. The number of piperazine rings is 1. The molecule has 4 rings (SSSR count). The Balaban J connectivity index is 1.18. The van der Waals surface area contributed by atoms with Gasteiger partial charge in [-0.3, -0.25) is 19.7 Å². The summed E-state index contributed by atoms with van der Waals surface area (Å²) in [7, 11) is 0. The van der Waals surface area contributed by atoms with Crippen LogP contribution in [0.25, 0.3) is 0 Å². The van der Waals surface area contributed by atoms with Crippen LogP contribution in [0.2, 0.25) is 0 Å². The molecule has 0 aromatic heterocycles. The zero-order valence-electron chi connectivity index (χ0n) is 17.7. The fraction of sp³-hybridized carbons (Fsp3) is 0.391. The lowest BCUT2D eigenvalue weighted by Crippen LogP contribution is -2.50. The summed E-state index contributed by atoms with van der Waals surface area (Å²) in [6.45, 7) is 2.01. The highest BCUT2D eigenvalue weighted by atomic mass is 32.2. The van der Waals surface area contributed by atoms with Crippen molar-refractivity contribution in [3.63, 3.8) is 0 Å². The molecule has 0 spiro atoms. The van der Waals surface area contributed by atoms with Crippen molar-refractivity contribution in [1.29, 1.82) is 0 Å². The second-order valence-electron chi connectivity index (χ2n) is 7.87. The average Bonchev–Trinajstić information content (AvgIpc) is 3.29. The molecule has 8 nitrogen and oxygen atoms in total. The number of fused-ring (bicyclic) bond motifs is 1. The molecule has 1 fully saturated rings. The SMILES string of the molecule is O=C(CSc1ccc2c(c1)CCC2)OCC(=O)N1CCN(c2ccc([N+](=O)[O-])cc2)CC1. The standard InChI is InChI=1S/C23H25N3O5S/c27-22(15-31-23(28)16-32-21-9-4-17-2-1-3-18(17)14-21)25-12-10-24(11-13-25)19-5-7-20(8-6-19)26(29)30/h4-9,14H,1-3,10-13,15-16H2. The number of amides is 1. The third-order valence-corrected chi connectivity index (χ3v) is 6.81. The van der Waals surface area contributed by atoms with E-state index in [-0.39, 0.29) is 24.0 Å². The molecule has 0 radical (unpaired) electrons. The largest absolute Gasteiger partial charge is 0.455 e. The summed E-state index contributed by atoms with van der Waals surface area (Å²) in [5.41, 5.74) is 3.71. The van der Waals surface area contributed by atoms with E-state index in [2.05, 4.69) is 17.0 Å². The fourth-order valence-electron chi connectivity index (χ4n) is 4.05. The molecule has 1 aliphatic heterocycles. The predicted molar refractivity (Wildman–Crippen MR) is 122 cm³/mol. The number of thioether (sulfide) groups is 1. The van der Waals surface area contributed by atoms with Crippen LogP contribution in [0.1, 0.15) is 17.5 Å². The van der Waals surface area contributed by atoms with Gasteiger partial charge in [-0.15, -0.1) is 11.8 Å². The molecule has 2 aliphatic rings. The molecule has 1 amide bonds. The van der Waals surface area contributed by atoms with Crippen molar-refractivity contribution in [3.05, 3.63) is 63.7 Å². The van der Waals surface area contributed by atoms with Crippen LogP contribution in [0.4, 0.5) is 11.4 Å². The Morgan fingerprint density at radius 3 is 2.44 bits per heavy atom. The van der Waals surface area contributed by atoms with Gasteiger partial charge in [0.05, 0.1) is 10.7 Å². The maximum atomic E-state index is 12.4. The van der Waals surface area contributed by atoms with Gasteiger partial charge in [0.25, 0.3) is 11.6 Å². The molecule has 0 bridgehead atoms. The quantitative estimate of drug-likeness (QED) is 0.274. The normalized spacial score (nSPS) is 15.4. The second-order valence-corrected chi connectivity index (χ2v) is 8.92. The van der Waals surface area contributed by atoms with Crippen molar-refractivity contribution < 1.29 is 19.2 Å². The van der Waals surface area contributed by atoms with E-state index < -0.39 is 10.9 Å². The maximum Gasteiger partial charge on any atom is 0.316 e. The number of hydrogen-bond acceptors (Lipinski definition) is 7. The minimum atomic E-state index is -0.425. The van der Waals surface area contributed by atoms with Gasteiger partial charge in [0.2, 0.25) is 0 Å². The number of anilines is 1. The van der Waals surface area contributed by atoms with Crippen molar-refractivity contribution in [2.45, 2.75) is 24.2 Å². The first kappa shape index (κ1) is 22.1. The number of esters is 1. The van der Waals surface area contributed by atoms with E-state index in [9.17, 15) is 19.7 Å². The Labute approximate surface area is 190 Å². The topological polar surface area (TPSA) is 93.0 Å². The molecule has 9 heteroatoms. The first-order valence-electron chi connectivity index (χ1n) is 10.7. The molecule has 168 valence electrons. The van der Waals surface area contributed by atoms with E-state index in [0.717, 1.165) is 23.4 Å². The van der Waals surface area contributed by atoms with E-state index in [1.807, 2.05) is 6.07 Å². The van der Waals surface area contributed by atoms with Crippen LogP contribution in [-0.2, 0) is 27.2 Å². The monoisotopic (exact) mass is 455 g/mol. The highest BCUT2D eigenvalue weighted by Crippen LogP contribution is 2.27. The van der Waals surface area contributed by atoms with Crippen molar-refractivity contribution in [2.24, 2.45) is 0 Å². The Kier molecular flexibility index (Phi) is 6.94. The zero-order valence-corrected chi connectivity index (χ0v) is 18.5. The number of benzene rings is 2. The van der Waals surface area contributed by atoms with E-state index in [1.54, 1.807) is 17.0 Å². The zero-order chi connectivity index (χ0) is 22.5. The van der Waals surface area contributed by atoms with Crippen molar-refractivity contribution >= 4 is 35.0 Å². The molecular weight excluding hydrogens is 430 g/mol. The van der Waals surface area contributed by atoms with Crippen LogP contribution in [0.3, 0.4) is 0 Å². The fourth-order valence-corrected chi connectivity index (χ4v) is 4.81. The molecule has 1 heterocycles. The molecule has 2 aromatic carbocycles. The molecule has 0 atom stereocenters. The number of nitro benzene ring substituents is 1. The van der Waals surface area contributed by atoms with Crippen LogP contribution >= 0.6 is 11.8 Å². The maximum absolute atomic E-state index is 12.4. The van der Waals surface area contributed by atoms with Crippen molar-refractivity contribution in [3.8, 4) is 0 Å². The van der Waals surface area contributed by atoms with Crippen molar-refractivity contribution in [2.75, 3.05) is 43.4 Å². The Morgan fingerprint density at radius 1 is 1.00 bits per heavy atom. The highest BCUT2D eigenvalue weighted by Gasteiger charge is 2.22. The summed E-state index contributed by atoms with van der Waals surface area (Å²) in [4.78, 5) is 39.7. The van der Waals surface area contributed by atoms with Crippen LogP contribution in [0.15, 0.2) is 47.4 Å². The van der Waals surface area contributed by atoms with E-state index in [4.69, 9.17) is 4.74 Å². The smallest absolute Gasteiger partial charge is 0.316 e. The van der Waals surface area contributed by atoms with Gasteiger partial charge >= 0.3 is 5.97 Å². The molecule has 0 N–H and O–H groups in total. The Morgan fingerprint density at radius 2 is 1.72 bits per heavy atom. The number of hydrogen-bond donors (Lipinski definition) is 0. The lowest BCUT2D eigenvalue weighted by Gasteiger charge is -2.36. The van der Waals surface area contributed by atoms with Gasteiger partial charge in [-0.05, 0) is 54.7 Å². The average molecular weight is 456 g/mol. The van der Waals surface area contributed by atoms with Gasteiger partial charge in [0, 0.05) is 48.9 Å². The number of aryl methyl sites for hydroxylation is 2.